The molecule has 3 rings (SSSR count). The lowest BCUT2D eigenvalue weighted by Crippen LogP contribution is -2.29. The van der Waals surface area contributed by atoms with Gasteiger partial charge in [0.1, 0.15) is 28.5 Å². The molecule has 1 heterocycles. The van der Waals surface area contributed by atoms with Crippen molar-refractivity contribution in [3.05, 3.63) is 91.8 Å². The standard InChI is InChI=1S/C22H20BrF2N3O3/c1-13-10-19(31-12-15-2-5-16(24)11-18(15)25)20(23)22(30)28(13)17-6-3-14(4-7-17)21(29)27-9-8-26/h2-7,10-11H,8-9,12,26H2,1H3,(H,27,29). The van der Waals surface area contributed by atoms with E-state index in [1.54, 1.807) is 37.3 Å². The van der Waals surface area contributed by atoms with Crippen molar-refractivity contribution in [2.75, 3.05) is 13.1 Å². The Morgan fingerprint density at radius 3 is 2.52 bits per heavy atom. The lowest BCUT2D eigenvalue weighted by molar-refractivity contribution is 0.0954. The van der Waals surface area contributed by atoms with Crippen LogP contribution in [0.15, 0.2) is 57.8 Å². The maximum Gasteiger partial charge on any atom is 0.273 e. The van der Waals surface area contributed by atoms with E-state index >= 15 is 0 Å². The minimum atomic E-state index is -0.725. The smallest absolute Gasteiger partial charge is 0.273 e. The van der Waals surface area contributed by atoms with Gasteiger partial charge >= 0.3 is 0 Å². The number of nitrogens with one attached hydrogen (secondary N) is 1. The minimum Gasteiger partial charge on any atom is -0.487 e. The van der Waals surface area contributed by atoms with Gasteiger partial charge in [-0.15, -0.1) is 0 Å². The molecule has 31 heavy (non-hydrogen) atoms. The highest BCUT2D eigenvalue weighted by atomic mass is 79.9. The lowest BCUT2D eigenvalue weighted by Gasteiger charge is -2.15. The van der Waals surface area contributed by atoms with Gasteiger partial charge in [0.15, 0.2) is 0 Å². The molecular weight excluding hydrogens is 472 g/mol. The van der Waals surface area contributed by atoms with Gasteiger partial charge in [0.25, 0.3) is 11.5 Å². The van der Waals surface area contributed by atoms with Crippen LogP contribution in [0.25, 0.3) is 5.69 Å². The van der Waals surface area contributed by atoms with E-state index in [2.05, 4.69) is 21.2 Å². The number of carbonyl (C=O) groups is 1. The van der Waals surface area contributed by atoms with Crippen LogP contribution in [-0.4, -0.2) is 23.6 Å². The van der Waals surface area contributed by atoms with Crippen molar-refractivity contribution in [2.45, 2.75) is 13.5 Å². The van der Waals surface area contributed by atoms with Gasteiger partial charge in [0.2, 0.25) is 0 Å². The molecule has 0 atom stereocenters. The Morgan fingerprint density at radius 2 is 1.87 bits per heavy atom. The molecule has 0 saturated heterocycles. The van der Waals surface area contributed by atoms with E-state index in [4.69, 9.17) is 10.5 Å². The molecule has 3 aromatic rings. The minimum absolute atomic E-state index is 0.158. The summed E-state index contributed by atoms with van der Waals surface area (Å²) in [6.45, 7) is 2.27. The summed E-state index contributed by atoms with van der Waals surface area (Å²) < 4.78 is 34.1. The van der Waals surface area contributed by atoms with Crippen LogP contribution >= 0.6 is 15.9 Å². The molecule has 0 fully saturated rings. The molecule has 3 N–H and O–H groups in total. The SMILES string of the molecule is Cc1cc(OCc2ccc(F)cc2F)c(Br)c(=O)n1-c1ccc(C(=O)NCCN)cc1. The van der Waals surface area contributed by atoms with Crippen LogP contribution in [0.3, 0.4) is 0 Å². The number of nitrogens with zero attached hydrogens (tertiary/aromatic N) is 1. The normalized spacial score (nSPS) is 10.7. The molecule has 9 heteroatoms. The van der Waals surface area contributed by atoms with Crippen LogP contribution < -0.4 is 21.3 Å². The van der Waals surface area contributed by atoms with E-state index in [9.17, 15) is 18.4 Å². The van der Waals surface area contributed by atoms with E-state index in [0.29, 0.717) is 30.0 Å². The highest BCUT2D eigenvalue weighted by Crippen LogP contribution is 2.25. The van der Waals surface area contributed by atoms with E-state index in [-0.39, 0.29) is 33.9 Å². The molecule has 0 aliphatic heterocycles. The zero-order valence-corrected chi connectivity index (χ0v) is 18.2. The molecule has 6 nitrogen and oxygen atoms in total. The Kier molecular flexibility index (Phi) is 7.19. The molecule has 0 spiro atoms. The molecular formula is C22H20BrF2N3O3. The van der Waals surface area contributed by atoms with Crippen LogP contribution in [0, 0.1) is 18.6 Å². The first-order valence-corrected chi connectivity index (χ1v) is 10.2. The van der Waals surface area contributed by atoms with Crippen molar-refractivity contribution in [3.63, 3.8) is 0 Å². The monoisotopic (exact) mass is 491 g/mol. The summed E-state index contributed by atoms with van der Waals surface area (Å²) in [6, 6.07) is 11.4. The largest absolute Gasteiger partial charge is 0.487 e. The molecule has 0 radical (unpaired) electrons. The van der Waals surface area contributed by atoms with Gasteiger partial charge in [-0.1, -0.05) is 0 Å². The number of nitrogens with two attached hydrogens (primary N) is 1. The maximum atomic E-state index is 13.8. The van der Waals surface area contributed by atoms with Crippen LogP contribution in [0.5, 0.6) is 5.75 Å². The summed E-state index contributed by atoms with van der Waals surface area (Å²) in [4.78, 5) is 24.9. The number of carbonyl (C=O) groups excluding carboxylic acids is 1. The van der Waals surface area contributed by atoms with Crippen molar-refractivity contribution in [3.8, 4) is 11.4 Å². The topological polar surface area (TPSA) is 86.3 Å². The fourth-order valence-corrected chi connectivity index (χ4v) is 3.36. The van der Waals surface area contributed by atoms with Crippen molar-refractivity contribution in [1.82, 2.24) is 9.88 Å². The number of aryl methyl sites for hydroxylation is 1. The van der Waals surface area contributed by atoms with Crippen molar-refractivity contribution < 1.29 is 18.3 Å². The van der Waals surface area contributed by atoms with Gasteiger partial charge in [-0.3, -0.25) is 14.2 Å². The molecule has 1 amide bonds. The third-order valence-corrected chi connectivity index (χ3v) is 5.25. The predicted molar refractivity (Wildman–Crippen MR) is 117 cm³/mol. The first-order chi connectivity index (χ1) is 14.8. The number of ether oxygens (including phenoxy) is 1. The number of pyridine rings is 1. The van der Waals surface area contributed by atoms with Crippen LogP contribution in [-0.2, 0) is 6.61 Å². The first-order valence-electron chi connectivity index (χ1n) is 9.39. The van der Waals surface area contributed by atoms with E-state index in [1.807, 2.05) is 0 Å². The number of hydrogen-bond acceptors (Lipinski definition) is 4. The predicted octanol–water partition coefficient (Wildman–Crippen LogP) is 3.45. The van der Waals surface area contributed by atoms with Crippen LogP contribution in [0.4, 0.5) is 8.78 Å². The summed E-state index contributed by atoms with van der Waals surface area (Å²) >= 11 is 3.24. The number of hydrogen-bond donors (Lipinski definition) is 2. The van der Waals surface area contributed by atoms with Crippen LogP contribution in [0.1, 0.15) is 21.6 Å². The Bertz CT molecular complexity index is 1160. The average molecular weight is 492 g/mol. The average Bonchev–Trinajstić information content (AvgIpc) is 2.75. The van der Waals surface area contributed by atoms with Crippen molar-refractivity contribution >= 4 is 21.8 Å². The molecule has 0 saturated carbocycles. The fourth-order valence-electron chi connectivity index (χ4n) is 2.95. The second kappa shape index (κ2) is 9.84. The number of aromatic nitrogens is 1. The van der Waals surface area contributed by atoms with Gasteiger partial charge in [-0.25, -0.2) is 8.78 Å². The highest BCUT2D eigenvalue weighted by Gasteiger charge is 2.15. The highest BCUT2D eigenvalue weighted by molar-refractivity contribution is 9.10. The third-order valence-electron chi connectivity index (χ3n) is 4.52. The third kappa shape index (κ3) is 5.18. The summed E-state index contributed by atoms with van der Waals surface area (Å²) in [5.74, 6) is -1.42. The van der Waals surface area contributed by atoms with Gasteiger partial charge < -0.3 is 15.8 Å². The summed E-state index contributed by atoms with van der Waals surface area (Å²) in [5, 5.41) is 2.68. The summed E-state index contributed by atoms with van der Waals surface area (Å²) in [5.41, 5.74) is 6.75. The maximum absolute atomic E-state index is 13.8. The molecule has 162 valence electrons. The second-order valence-electron chi connectivity index (χ2n) is 6.72. The van der Waals surface area contributed by atoms with Gasteiger partial charge in [0.05, 0.1) is 0 Å². The molecule has 0 aliphatic carbocycles. The number of rotatable bonds is 7. The Hall–Kier alpha value is -3.04. The molecule has 0 aliphatic rings. The first kappa shape index (κ1) is 22.6. The second-order valence-corrected chi connectivity index (χ2v) is 7.51. The Morgan fingerprint density at radius 1 is 1.16 bits per heavy atom. The number of amides is 1. The number of benzene rings is 2. The molecule has 1 aromatic heterocycles. The van der Waals surface area contributed by atoms with Gasteiger partial charge in [0, 0.05) is 47.7 Å². The Balaban J connectivity index is 1.84. The Labute approximate surface area is 185 Å². The van der Waals surface area contributed by atoms with E-state index in [1.165, 1.54) is 10.6 Å². The summed E-state index contributed by atoms with van der Waals surface area (Å²) in [6.07, 6.45) is 0. The van der Waals surface area contributed by atoms with Crippen molar-refractivity contribution in [1.29, 1.82) is 0 Å². The van der Waals surface area contributed by atoms with Gasteiger partial charge in [-0.05, 0) is 59.3 Å². The fraction of sp³-hybridized carbons (Fsp3) is 0.182. The molecule has 0 unspecified atom stereocenters. The molecule has 2 aromatic carbocycles. The zero-order chi connectivity index (χ0) is 22.5. The van der Waals surface area contributed by atoms with E-state index < -0.39 is 11.6 Å². The number of halogens is 3. The summed E-state index contributed by atoms with van der Waals surface area (Å²) in [7, 11) is 0. The van der Waals surface area contributed by atoms with E-state index in [0.717, 1.165) is 12.1 Å². The van der Waals surface area contributed by atoms with Crippen LogP contribution in [0.2, 0.25) is 0 Å². The molecule has 0 bridgehead atoms. The van der Waals surface area contributed by atoms with Gasteiger partial charge in [-0.2, -0.15) is 0 Å². The quantitative estimate of drug-likeness (QED) is 0.529. The zero-order valence-electron chi connectivity index (χ0n) is 16.6. The lowest BCUT2D eigenvalue weighted by atomic mass is 10.2. The van der Waals surface area contributed by atoms with Crippen molar-refractivity contribution in [2.24, 2.45) is 5.73 Å².